The number of sulfonamides is 1. The molecule has 0 saturated heterocycles. The highest BCUT2D eigenvalue weighted by atomic mass is 32.2. The minimum Gasteiger partial charge on any atom is -0.489 e. The maximum absolute atomic E-state index is 12.6. The molecule has 0 unspecified atom stereocenters. The van der Waals surface area contributed by atoms with Gasteiger partial charge in [0.15, 0.2) is 5.75 Å². The van der Waals surface area contributed by atoms with Gasteiger partial charge in [0.05, 0.1) is 19.1 Å². The third-order valence-electron chi connectivity index (χ3n) is 5.17. The summed E-state index contributed by atoms with van der Waals surface area (Å²) >= 11 is 0. The van der Waals surface area contributed by atoms with Crippen LogP contribution in [-0.4, -0.2) is 42.4 Å². The van der Waals surface area contributed by atoms with Crippen LogP contribution in [0.1, 0.15) is 19.8 Å². The Kier molecular flexibility index (Phi) is 5.23. The van der Waals surface area contributed by atoms with Crippen LogP contribution in [-0.2, 0) is 17.1 Å². The van der Waals surface area contributed by atoms with Gasteiger partial charge in [0.25, 0.3) is 5.56 Å². The Labute approximate surface area is 175 Å². The highest BCUT2D eigenvalue weighted by Crippen LogP contribution is 2.35. The molecule has 8 nitrogen and oxygen atoms in total. The third-order valence-corrected chi connectivity index (χ3v) is 6.39. The van der Waals surface area contributed by atoms with Crippen molar-refractivity contribution >= 4 is 26.7 Å². The number of fused-ring (bicyclic) bond motifs is 1. The molecule has 1 fully saturated rings. The predicted octanol–water partition coefficient (Wildman–Crippen LogP) is 2.57. The highest BCUT2D eigenvalue weighted by molar-refractivity contribution is 7.92. The topological polar surface area (TPSA) is 94.4 Å². The van der Waals surface area contributed by atoms with Gasteiger partial charge in [-0.1, -0.05) is 18.2 Å². The van der Waals surface area contributed by atoms with Gasteiger partial charge in [-0.05, 0) is 37.1 Å². The molecule has 0 aliphatic heterocycles. The summed E-state index contributed by atoms with van der Waals surface area (Å²) < 4.78 is 33.0. The molecule has 2 aromatic heterocycles. The van der Waals surface area contributed by atoms with Crippen molar-refractivity contribution in [2.75, 3.05) is 23.7 Å². The third kappa shape index (κ3) is 3.89. The summed E-state index contributed by atoms with van der Waals surface area (Å²) in [6.45, 7) is 2.49. The van der Waals surface area contributed by atoms with Crippen molar-refractivity contribution in [2.24, 2.45) is 13.0 Å². The molecular formula is C21H24N4O4S. The number of nitrogens with zero attached hydrogens (tertiary/aromatic N) is 4. The Balaban J connectivity index is 1.94. The van der Waals surface area contributed by atoms with Crippen LogP contribution < -0.4 is 14.6 Å². The second-order valence-electron chi connectivity index (χ2n) is 7.57. The van der Waals surface area contributed by atoms with Crippen LogP contribution in [0, 0.1) is 5.92 Å². The SMILES string of the molecule is CCN(c1ncc(OCC2CC2)c(-c2cn(C)c(=O)c3ccccc23)n1)S(C)(=O)=O. The van der Waals surface area contributed by atoms with E-state index >= 15 is 0 Å². The molecule has 158 valence electrons. The van der Waals surface area contributed by atoms with Crippen LogP contribution in [0.5, 0.6) is 5.75 Å². The molecule has 2 heterocycles. The monoisotopic (exact) mass is 428 g/mol. The average molecular weight is 429 g/mol. The summed E-state index contributed by atoms with van der Waals surface area (Å²) in [5.41, 5.74) is 1.04. The first-order valence-electron chi connectivity index (χ1n) is 9.86. The molecule has 0 bridgehead atoms. The summed E-state index contributed by atoms with van der Waals surface area (Å²) in [4.78, 5) is 21.4. The van der Waals surface area contributed by atoms with Gasteiger partial charge in [-0.25, -0.2) is 22.7 Å². The Morgan fingerprint density at radius 1 is 1.23 bits per heavy atom. The molecule has 0 spiro atoms. The molecule has 0 amide bonds. The summed E-state index contributed by atoms with van der Waals surface area (Å²) in [6.07, 6.45) is 6.62. The maximum atomic E-state index is 12.6. The fraction of sp³-hybridized carbons (Fsp3) is 0.381. The number of pyridine rings is 1. The van der Waals surface area contributed by atoms with Crippen LogP contribution in [0.25, 0.3) is 22.0 Å². The molecule has 9 heteroatoms. The van der Waals surface area contributed by atoms with E-state index in [2.05, 4.69) is 9.97 Å². The van der Waals surface area contributed by atoms with E-state index < -0.39 is 10.0 Å². The van der Waals surface area contributed by atoms with Gasteiger partial charge < -0.3 is 9.30 Å². The van der Waals surface area contributed by atoms with Gasteiger partial charge in [-0.2, -0.15) is 0 Å². The van der Waals surface area contributed by atoms with Crippen molar-refractivity contribution in [1.29, 1.82) is 0 Å². The number of aromatic nitrogens is 3. The molecule has 30 heavy (non-hydrogen) atoms. The average Bonchev–Trinajstić information content (AvgIpc) is 3.54. The predicted molar refractivity (Wildman–Crippen MR) is 116 cm³/mol. The van der Waals surface area contributed by atoms with Crippen LogP contribution >= 0.6 is 0 Å². The number of benzene rings is 1. The van der Waals surface area contributed by atoms with Crippen molar-refractivity contribution in [2.45, 2.75) is 19.8 Å². The zero-order valence-corrected chi connectivity index (χ0v) is 18.0. The molecule has 4 rings (SSSR count). The standard InChI is InChI=1S/C21H24N4O4S/c1-4-25(30(3,27)28)21-22-11-18(29-13-14-9-10-14)19(23-21)17-12-24(2)20(26)16-8-6-5-7-15(16)17/h5-8,11-12,14H,4,9-10,13H2,1-3H3. The molecule has 3 aromatic rings. The minimum absolute atomic E-state index is 0.0757. The first-order valence-corrected chi connectivity index (χ1v) is 11.7. The first-order chi connectivity index (χ1) is 14.3. The summed E-state index contributed by atoms with van der Waals surface area (Å²) in [5.74, 6) is 1.07. The molecule has 0 atom stereocenters. The van der Waals surface area contributed by atoms with Gasteiger partial charge >= 0.3 is 0 Å². The molecular weight excluding hydrogens is 404 g/mol. The zero-order chi connectivity index (χ0) is 21.5. The van der Waals surface area contributed by atoms with E-state index in [0.29, 0.717) is 34.9 Å². The largest absolute Gasteiger partial charge is 0.489 e. The van der Waals surface area contributed by atoms with Crippen LogP contribution in [0.3, 0.4) is 0 Å². The van der Waals surface area contributed by atoms with Gasteiger partial charge in [0, 0.05) is 30.7 Å². The Hall–Kier alpha value is -2.94. The van der Waals surface area contributed by atoms with Crippen LogP contribution in [0.2, 0.25) is 0 Å². The van der Waals surface area contributed by atoms with E-state index in [-0.39, 0.29) is 18.1 Å². The summed E-state index contributed by atoms with van der Waals surface area (Å²) in [5, 5.41) is 1.28. The van der Waals surface area contributed by atoms with Crippen LogP contribution in [0.4, 0.5) is 5.95 Å². The lowest BCUT2D eigenvalue weighted by Gasteiger charge is -2.20. The van der Waals surface area contributed by atoms with E-state index in [1.54, 1.807) is 26.2 Å². The lowest BCUT2D eigenvalue weighted by atomic mass is 10.0. The highest BCUT2D eigenvalue weighted by Gasteiger charge is 2.25. The lowest BCUT2D eigenvalue weighted by molar-refractivity contribution is 0.299. The van der Waals surface area contributed by atoms with Crippen molar-refractivity contribution < 1.29 is 13.2 Å². The first kappa shape index (κ1) is 20.3. The molecule has 1 aliphatic rings. The second kappa shape index (κ2) is 7.71. The smallest absolute Gasteiger partial charge is 0.258 e. The molecule has 0 N–H and O–H groups in total. The number of ether oxygens (including phenoxy) is 1. The van der Waals surface area contributed by atoms with Crippen LogP contribution in [0.15, 0.2) is 41.5 Å². The van der Waals surface area contributed by atoms with Gasteiger partial charge in [0.2, 0.25) is 16.0 Å². The molecule has 0 radical (unpaired) electrons. The Morgan fingerprint density at radius 2 is 1.93 bits per heavy atom. The Bertz CT molecular complexity index is 1270. The maximum Gasteiger partial charge on any atom is 0.258 e. The molecule has 1 aromatic carbocycles. The number of aryl methyl sites for hydroxylation is 1. The fourth-order valence-corrected chi connectivity index (χ4v) is 4.26. The van der Waals surface area contributed by atoms with Crippen molar-refractivity contribution in [3.63, 3.8) is 0 Å². The van der Waals surface area contributed by atoms with Gasteiger partial charge in [-0.3, -0.25) is 4.79 Å². The van der Waals surface area contributed by atoms with E-state index in [1.807, 2.05) is 18.2 Å². The fourth-order valence-electron chi connectivity index (χ4n) is 3.40. The van der Waals surface area contributed by atoms with E-state index in [0.717, 1.165) is 28.8 Å². The van der Waals surface area contributed by atoms with Crippen molar-refractivity contribution in [3.8, 4) is 17.0 Å². The summed E-state index contributed by atoms with van der Waals surface area (Å²) in [7, 11) is -1.86. The minimum atomic E-state index is -3.54. The number of anilines is 1. The quantitative estimate of drug-likeness (QED) is 0.574. The van der Waals surface area contributed by atoms with E-state index in [1.165, 1.54) is 10.8 Å². The number of hydrogen-bond acceptors (Lipinski definition) is 6. The normalized spacial score (nSPS) is 14.1. The van der Waals surface area contributed by atoms with E-state index in [4.69, 9.17) is 4.74 Å². The van der Waals surface area contributed by atoms with Crippen molar-refractivity contribution in [3.05, 3.63) is 47.0 Å². The number of rotatable bonds is 7. The molecule has 1 aliphatic carbocycles. The zero-order valence-electron chi connectivity index (χ0n) is 17.2. The second-order valence-corrected chi connectivity index (χ2v) is 9.48. The molecule has 1 saturated carbocycles. The van der Waals surface area contributed by atoms with E-state index in [9.17, 15) is 13.2 Å². The van der Waals surface area contributed by atoms with Crippen molar-refractivity contribution in [1.82, 2.24) is 14.5 Å². The Morgan fingerprint density at radius 3 is 2.57 bits per heavy atom. The van der Waals surface area contributed by atoms with Gasteiger partial charge in [-0.15, -0.1) is 0 Å². The number of hydrogen-bond donors (Lipinski definition) is 0. The lowest BCUT2D eigenvalue weighted by Crippen LogP contribution is -2.31. The summed E-state index contributed by atoms with van der Waals surface area (Å²) in [6, 6.07) is 7.29. The van der Waals surface area contributed by atoms with Gasteiger partial charge in [0.1, 0.15) is 5.69 Å².